The molecular formula is C20H32N4O2. The lowest BCUT2D eigenvalue weighted by Crippen LogP contribution is -2.49. The molecule has 1 fully saturated rings. The van der Waals surface area contributed by atoms with E-state index in [0.717, 1.165) is 58.4 Å². The Morgan fingerprint density at radius 1 is 1.08 bits per heavy atom. The van der Waals surface area contributed by atoms with Crippen LogP contribution in [0.15, 0.2) is 0 Å². The van der Waals surface area contributed by atoms with Gasteiger partial charge in [-0.15, -0.1) is 0 Å². The van der Waals surface area contributed by atoms with Gasteiger partial charge in [-0.05, 0) is 46.5 Å². The van der Waals surface area contributed by atoms with E-state index < -0.39 is 5.60 Å². The second-order valence-electron chi connectivity index (χ2n) is 8.95. The molecule has 0 radical (unpaired) electrons. The first kappa shape index (κ1) is 17.8. The van der Waals surface area contributed by atoms with Crippen molar-refractivity contribution >= 4 is 6.09 Å². The van der Waals surface area contributed by atoms with Gasteiger partial charge >= 0.3 is 6.09 Å². The van der Waals surface area contributed by atoms with Crippen molar-refractivity contribution in [2.45, 2.75) is 84.0 Å². The number of fused-ring (bicyclic) bond motifs is 3. The molecule has 4 heterocycles. The summed E-state index contributed by atoms with van der Waals surface area (Å²) in [6.45, 7) is 10.6. The van der Waals surface area contributed by atoms with Crippen molar-refractivity contribution in [1.82, 2.24) is 19.4 Å². The summed E-state index contributed by atoms with van der Waals surface area (Å²) in [5.41, 5.74) is 2.38. The number of nitrogens with zero attached hydrogens (tertiary/aromatic N) is 4. The minimum Gasteiger partial charge on any atom is -0.444 e. The number of aromatic nitrogens is 2. The highest BCUT2D eigenvalue weighted by atomic mass is 16.6. The van der Waals surface area contributed by atoms with Crippen molar-refractivity contribution in [3.05, 3.63) is 17.2 Å². The third kappa shape index (κ3) is 3.61. The molecule has 0 unspecified atom stereocenters. The Labute approximate surface area is 156 Å². The van der Waals surface area contributed by atoms with Gasteiger partial charge in [0.15, 0.2) is 0 Å². The summed E-state index contributed by atoms with van der Waals surface area (Å²) in [4.78, 5) is 21.7. The van der Waals surface area contributed by atoms with Gasteiger partial charge in [0.1, 0.15) is 11.4 Å². The molecule has 0 saturated carbocycles. The molecule has 4 rings (SSSR count). The van der Waals surface area contributed by atoms with Gasteiger partial charge in [0, 0.05) is 51.6 Å². The molecule has 144 valence electrons. The maximum atomic E-state index is 12.3. The standard InChI is InChI=1S/C20H32N4O2/c1-20(2,3)26-19(25)22-11-7-15(8-12-22)23-13-9-16-17(14-23)24-10-5-4-6-18(24)21-16/h15H,4-14H2,1-3H3. The lowest BCUT2D eigenvalue weighted by atomic mass is 10.00. The normalized spacial score (nSPS) is 22.0. The van der Waals surface area contributed by atoms with Crippen LogP contribution in [0.3, 0.4) is 0 Å². The second kappa shape index (κ2) is 6.87. The summed E-state index contributed by atoms with van der Waals surface area (Å²) in [6, 6.07) is 0.566. The number of amides is 1. The molecule has 6 nitrogen and oxygen atoms in total. The molecule has 1 aromatic rings. The van der Waals surface area contributed by atoms with Crippen molar-refractivity contribution in [3.8, 4) is 0 Å². The monoisotopic (exact) mass is 360 g/mol. The molecule has 3 aliphatic rings. The SMILES string of the molecule is CC(C)(C)OC(=O)N1CCC(N2CCc3nc4n(c3C2)CCCC4)CC1. The van der Waals surface area contributed by atoms with Crippen LogP contribution in [0.25, 0.3) is 0 Å². The molecular weight excluding hydrogens is 328 g/mol. The maximum absolute atomic E-state index is 12.3. The van der Waals surface area contributed by atoms with Crippen molar-refractivity contribution in [2.24, 2.45) is 0 Å². The molecule has 1 saturated heterocycles. The van der Waals surface area contributed by atoms with Crippen LogP contribution in [-0.4, -0.2) is 56.7 Å². The Bertz CT molecular complexity index is 668. The predicted octanol–water partition coefficient (Wildman–Crippen LogP) is 2.98. The van der Waals surface area contributed by atoms with E-state index in [9.17, 15) is 4.79 Å². The Morgan fingerprint density at radius 3 is 2.58 bits per heavy atom. The van der Waals surface area contributed by atoms with E-state index in [1.54, 1.807) is 0 Å². The van der Waals surface area contributed by atoms with E-state index in [1.807, 2.05) is 25.7 Å². The first-order valence-corrected chi connectivity index (χ1v) is 10.2. The first-order chi connectivity index (χ1) is 12.4. The first-order valence-electron chi connectivity index (χ1n) is 10.2. The summed E-state index contributed by atoms with van der Waals surface area (Å²) < 4.78 is 8.00. The minimum atomic E-state index is -0.418. The van der Waals surface area contributed by atoms with Crippen molar-refractivity contribution in [1.29, 1.82) is 0 Å². The average molecular weight is 361 g/mol. The lowest BCUT2D eigenvalue weighted by Gasteiger charge is -2.40. The number of aryl methyl sites for hydroxylation is 1. The van der Waals surface area contributed by atoms with Gasteiger partial charge < -0.3 is 14.2 Å². The number of imidazole rings is 1. The van der Waals surface area contributed by atoms with E-state index in [-0.39, 0.29) is 6.09 Å². The third-order valence-electron chi connectivity index (χ3n) is 5.89. The van der Waals surface area contributed by atoms with E-state index in [2.05, 4.69) is 9.47 Å². The summed E-state index contributed by atoms with van der Waals surface area (Å²) >= 11 is 0. The van der Waals surface area contributed by atoms with Crippen molar-refractivity contribution < 1.29 is 9.53 Å². The summed E-state index contributed by atoms with van der Waals surface area (Å²) in [7, 11) is 0. The number of rotatable bonds is 1. The quantitative estimate of drug-likeness (QED) is 0.773. The van der Waals surface area contributed by atoms with Gasteiger partial charge in [0.25, 0.3) is 0 Å². The van der Waals surface area contributed by atoms with E-state index in [4.69, 9.17) is 9.72 Å². The summed E-state index contributed by atoms with van der Waals surface area (Å²) in [5.74, 6) is 1.31. The van der Waals surface area contributed by atoms with Crippen LogP contribution in [0, 0.1) is 0 Å². The molecule has 1 amide bonds. The molecule has 0 aromatic carbocycles. The number of hydrogen-bond acceptors (Lipinski definition) is 4. The highest BCUT2D eigenvalue weighted by Gasteiger charge is 2.33. The fraction of sp³-hybridized carbons (Fsp3) is 0.800. The van der Waals surface area contributed by atoms with Crippen LogP contribution in [0.1, 0.15) is 63.7 Å². The van der Waals surface area contributed by atoms with Crippen LogP contribution in [0.2, 0.25) is 0 Å². The zero-order valence-corrected chi connectivity index (χ0v) is 16.5. The Morgan fingerprint density at radius 2 is 1.85 bits per heavy atom. The largest absolute Gasteiger partial charge is 0.444 e. The zero-order valence-electron chi connectivity index (χ0n) is 16.5. The average Bonchev–Trinajstić information content (AvgIpc) is 2.98. The van der Waals surface area contributed by atoms with Crippen LogP contribution in [0.4, 0.5) is 4.79 Å². The van der Waals surface area contributed by atoms with Crippen molar-refractivity contribution in [2.75, 3.05) is 19.6 Å². The molecule has 0 atom stereocenters. The number of piperidine rings is 1. The number of ether oxygens (including phenoxy) is 1. The topological polar surface area (TPSA) is 50.6 Å². The summed E-state index contributed by atoms with van der Waals surface area (Å²) in [6.07, 6.45) is 6.68. The fourth-order valence-corrected chi connectivity index (χ4v) is 4.55. The van der Waals surface area contributed by atoms with Gasteiger partial charge in [-0.25, -0.2) is 9.78 Å². The smallest absolute Gasteiger partial charge is 0.410 e. The maximum Gasteiger partial charge on any atom is 0.410 e. The predicted molar refractivity (Wildman–Crippen MR) is 100 cm³/mol. The highest BCUT2D eigenvalue weighted by molar-refractivity contribution is 5.68. The number of likely N-dealkylation sites (tertiary alicyclic amines) is 1. The van der Waals surface area contributed by atoms with Crippen LogP contribution < -0.4 is 0 Å². The Balaban J connectivity index is 1.36. The molecule has 0 bridgehead atoms. The van der Waals surface area contributed by atoms with Gasteiger partial charge in [-0.2, -0.15) is 0 Å². The van der Waals surface area contributed by atoms with E-state index in [1.165, 1.54) is 30.1 Å². The fourth-order valence-electron chi connectivity index (χ4n) is 4.55. The summed E-state index contributed by atoms with van der Waals surface area (Å²) in [5, 5.41) is 0. The molecule has 26 heavy (non-hydrogen) atoms. The molecule has 0 N–H and O–H groups in total. The van der Waals surface area contributed by atoms with Crippen LogP contribution in [-0.2, 0) is 30.7 Å². The van der Waals surface area contributed by atoms with Gasteiger partial charge in [0.05, 0.1) is 11.4 Å². The number of carbonyl (C=O) groups is 1. The zero-order chi connectivity index (χ0) is 18.3. The van der Waals surface area contributed by atoms with Crippen LogP contribution >= 0.6 is 0 Å². The van der Waals surface area contributed by atoms with E-state index >= 15 is 0 Å². The Kier molecular flexibility index (Phi) is 4.71. The number of carbonyl (C=O) groups excluding carboxylic acids is 1. The second-order valence-corrected chi connectivity index (χ2v) is 8.95. The van der Waals surface area contributed by atoms with Gasteiger partial charge in [0.2, 0.25) is 0 Å². The van der Waals surface area contributed by atoms with E-state index in [0.29, 0.717) is 6.04 Å². The molecule has 1 aromatic heterocycles. The highest BCUT2D eigenvalue weighted by Crippen LogP contribution is 2.28. The lowest BCUT2D eigenvalue weighted by molar-refractivity contribution is 0.0132. The van der Waals surface area contributed by atoms with Gasteiger partial charge in [-0.3, -0.25) is 4.90 Å². The third-order valence-corrected chi connectivity index (χ3v) is 5.89. The van der Waals surface area contributed by atoms with Crippen molar-refractivity contribution in [3.63, 3.8) is 0 Å². The van der Waals surface area contributed by atoms with Crippen LogP contribution in [0.5, 0.6) is 0 Å². The minimum absolute atomic E-state index is 0.165. The molecule has 6 heteroatoms. The Hall–Kier alpha value is -1.56. The molecule has 3 aliphatic heterocycles. The molecule has 0 aliphatic carbocycles. The number of hydrogen-bond donors (Lipinski definition) is 0. The molecule has 0 spiro atoms. The van der Waals surface area contributed by atoms with Gasteiger partial charge in [-0.1, -0.05) is 0 Å².